The molecule has 0 spiro atoms. The number of nitrogens with zero attached hydrogens (tertiary/aromatic N) is 1. The maximum absolute atomic E-state index is 3.58. The monoisotopic (exact) mass is 223 g/mol. The van der Waals surface area contributed by atoms with Crippen molar-refractivity contribution in [2.24, 2.45) is 7.05 Å². The van der Waals surface area contributed by atoms with E-state index >= 15 is 0 Å². The summed E-state index contributed by atoms with van der Waals surface area (Å²) in [4.78, 5) is 0. The number of rotatable bonds is 3. The van der Waals surface area contributed by atoms with Crippen LogP contribution in [0.4, 0.5) is 0 Å². The third-order valence-corrected chi connectivity index (χ3v) is 4.14. The van der Waals surface area contributed by atoms with E-state index in [4.69, 9.17) is 0 Å². The van der Waals surface area contributed by atoms with Crippen molar-refractivity contribution in [3.05, 3.63) is 24.4 Å². The highest BCUT2D eigenvalue weighted by molar-refractivity contribution is 7.99. The molecule has 2 rings (SSSR count). The molecule has 1 atom stereocenters. The summed E-state index contributed by atoms with van der Waals surface area (Å²) in [5.74, 6) is 1.19. The Bertz CT molecular complexity index is 308. The molecule has 0 radical (unpaired) electrons. The van der Waals surface area contributed by atoms with Crippen LogP contribution in [0.2, 0.25) is 0 Å². The van der Waals surface area contributed by atoms with Crippen LogP contribution in [0.1, 0.15) is 19.3 Å². The molecule has 1 aliphatic rings. The number of aryl methyl sites for hydroxylation is 1. The van der Waals surface area contributed by atoms with Gasteiger partial charge in [0.15, 0.2) is 6.20 Å². The molecule has 1 N–H and O–H groups in total. The molecule has 1 aliphatic heterocycles. The van der Waals surface area contributed by atoms with E-state index in [0.29, 0.717) is 6.04 Å². The predicted octanol–water partition coefficient (Wildman–Crippen LogP) is 1.75. The summed E-state index contributed by atoms with van der Waals surface area (Å²) >= 11 is 1.95. The van der Waals surface area contributed by atoms with Gasteiger partial charge in [0, 0.05) is 23.9 Å². The number of aromatic nitrogens is 1. The van der Waals surface area contributed by atoms with E-state index in [2.05, 4.69) is 41.3 Å². The number of nitrogens with one attached hydrogen (secondary N) is 1. The Morgan fingerprint density at radius 1 is 1.47 bits per heavy atom. The summed E-state index contributed by atoms with van der Waals surface area (Å²) in [6.45, 7) is 1.20. The standard InChI is InChI=1S/C12H19N2S/c1-14-9-5-3-7-12(14)15-10-11-6-2-4-8-13-11/h3,5,7,9,11,13H,2,4,6,8,10H2,1H3/q+1. The Kier molecular flexibility index (Phi) is 4.03. The van der Waals surface area contributed by atoms with Gasteiger partial charge < -0.3 is 5.32 Å². The van der Waals surface area contributed by atoms with Gasteiger partial charge in [-0.15, -0.1) is 0 Å². The minimum atomic E-state index is 0.712. The highest BCUT2D eigenvalue weighted by Crippen LogP contribution is 2.17. The molecular formula is C12H19N2S+. The molecule has 15 heavy (non-hydrogen) atoms. The molecule has 1 unspecified atom stereocenters. The first kappa shape index (κ1) is 11.0. The van der Waals surface area contributed by atoms with Gasteiger partial charge >= 0.3 is 0 Å². The molecule has 1 fully saturated rings. The van der Waals surface area contributed by atoms with E-state index in [1.54, 1.807) is 0 Å². The minimum absolute atomic E-state index is 0.712. The van der Waals surface area contributed by atoms with Crippen molar-refractivity contribution in [3.8, 4) is 0 Å². The Balaban J connectivity index is 1.84. The number of piperidine rings is 1. The van der Waals surface area contributed by atoms with Crippen molar-refractivity contribution < 1.29 is 4.57 Å². The Hall–Kier alpha value is -0.540. The van der Waals surface area contributed by atoms with Gasteiger partial charge in [-0.3, -0.25) is 0 Å². The third kappa shape index (κ3) is 3.21. The minimum Gasteiger partial charge on any atom is -0.313 e. The van der Waals surface area contributed by atoms with Gasteiger partial charge in [0.25, 0.3) is 0 Å². The molecule has 2 heterocycles. The Morgan fingerprint density at radius 2 is 2.40 bits per heavy atom. The van der Waals surface area contributed by atoms with Crippen LogP contribution < -0.4 is 9.88 Å². The van der Waals surface area contributed by atoms with Crippen LogP contribution in [0.5, 0.6) is 0 Å². The van der Waals surface area contributed by atoms with Gasteiger partial charge in [0.1, 0.15) is 7.05 Å². The van der Waals surface area contributed by atoms with Crippen molar-refractivity contribution in [2.75, 3.05) is 12.3 Å². The van der Waals surface area contributed by atoms with Crippen LogP contribution in [0.15, 0.2) is 29.4 Å². The maximum atomic E-state index is 3.58. The van der Waals surface area contributed by atoms with Crippen LogP contribution in [0.25, 0.3) is 0 Å². The van der Waals surface area contributed by atoms with E-state index in [-0.39, 0.29) is 0 Å². The molecule has 3 heteroatoms. The second kappa shape index (κ2) is 5.52. The van der Waals surface area contributed by atoms with Gasteiger partial charge in [-0.05, 0) is 25.5 Å². The van der Waals surface area contributed by atoms with E-state index in [1.165, 1.54) is 36.6 Å². The van der Waals surface area contributed by atoms with E-state index < -0.39 is 0 Å². The van der Waals surface area contributed by atoms with Crippen molar-refractivity contribution in [1.29, 1.82) is 0 Å². The summed E-state index contributed by atoms with van der Waals surface area (Å²) in [7, 11) is 2.11. The number of hydrogen-bond acceptors (Lipinski definition) is 2. The first-order chi connectivity index (χ1) is 7.36. The van der Waals surface area contributed by atoms with Crippen molar-refractivity contribution in [2.45, 2.75) is 30.3 Å². The topological polar surface area (TPSA) is 15.9 Å². The molecular weight excluding hydrogens is 204 g/mol. The third-order valence-electron chi connectivity index (χ3n) is 2.85. The highest BCUT2D eigenvalue weighted by Gasteiger charge is 2.14. The second-order valence-electron chi connectivity index (χ2n) is 4.11. The highest BCUT2D eigenvalue weighted by atomic mass is 32.2. The summed E-state index contributed by atoms with van der Waals surface area (Å²) in [6.07, 6.45) is 6.18. The fraction of sp³-hybridized carbons (Fsp3) is 0.583. The number of thioether (sulfide) groups is 1. The van der Waals surface area contributed by atoms with Gasteiger partial charge in [-0.25, -0.2) is 0 Å². The molecule has 0 aromatic carbocycles. The lowest BCUT2D eigenvalue weighted by molar-refractivity contribution is -0.708. The average Bonchev–Trinajstić information content (AvgIpc) is 2.29. The molecule has 1 aromatic rings. The normalized spacial score (nSPS) is 21.5. The molecule has 2 nitrogen and oxygen atoms in total. The molecule has 0 saturated carbocycles. The predicted molar refractivity (Wildman–Crippen MR) is 64.0 cm³/mol. The molecule has 0 bridgehead atoms. The van der Waals surface area contributed by atoms with Crippen LogP contribution >= 0.6 is 11.8 Å². The Morgan fingerprint density at radius 3 is 3.13 bits per heavy atom. The zero-order valence-corrected chi connectivity index (χ0v) is 10.1. The van der Waals surface area contributed by atoms with Crippen LogP contribution in [-0.4, -0.2) is 18.3 Å². The fourth-order valence-corrected chi connectivity index (χ4v) is 3.01. The average molecular weight is 223 g/mol. The summed E-state index contributed by atoms with van der Waals surface area (Å²) < 4.78 is 2.19. The van der Waals surface area contributed by atoms with Crippen LogP contribution in [-0.2, 0) is 7.05 Å². The molecule has 0 amide bonds. The van der Waals surface area contributed by atoms with E-state index in [0.717, 1.165) is 0 Å². The van der Waals surface area contributed by atoms with Crippen molar-refractivity contribution >= 4 is 11.8 Å². The lowest BCUT2D eigenvalue weighted by Crippen LogP contribution is -2.37. The maximum Gasteiger partial charge on any atom is 0.239 e. The van der Waals surface area contributed by atoms with E-state index in [1.807, 2.05) is 11.8 Å². The SMILES string of the molecule is C[n+]1ccccc1SCC1CCCCN1. The fourth-order valence-electron chi connectivity index (χ4n) is 1.91. The zero-order chi connectivity index (χ0) is 10.5. The lowest BCUT2D eigenvalue weighted by atomic mass is 10.1. The van der Waals surface area contributed by atoms with Crippen molar-refractivity contribution in [3.63, 3.8) is 0 Å². The first-order valence-corrected chi connectivity index (χ1v) is 6.65. The largest absolute Gasteiger partial charge is 0.313 e. The molecule has 1 aromatic heterocycles. The molecule has 0 aliphatic carbocycles. The van der Waals surface area contributed by atoms with Crippen LogP contribution in [0, 0.1) is 0 Å². The quantitative estimate of drug-likeness (QED) is 0.620. The lowest BCUT2D eigenvalue weighted by Gasteiger charge is -2.22. The van der Waals surface area contributed by atoms with Gasteiger partial charge in [-0.1, -0.05) is 18.2 Å². The van der Waals surface area contributed by atoms with E-state index in [9.17, 15) is 0 Å². The molecule has 1 saturated heterocycles. The van der Waals surface area contributed by atoms with Crippen LogP contribution in [0.3, 0.4) is 0 Å². The second-order valence-corrected chi connectivity index (χ2v) is 5.15. The van der Waals surface area contributed by atoms with Gasteiger partial charge in [0.2, 0.25) is 5.03 Å². The summed E-state index contributed by atoms with van der Waals surface area (Å²) in [5.41, 5.74) is 0. The summed E-state index contributed by atoms with van der Waals surface area (Å²) in [5, 5.41) is 4.93. The number of pyridine rings is 1. The van der Waals surface area contributed by atoms with Gasteiger partial charge in [0.05, 0.1) is 0 Å². The van der Waals surface area contributed by atoms with Crippen molar-refractivity contribution in [1.82, 2.24) is 5.32 Å². The Labute approximate surface area is 96.1 Å². The number of hydrogen-bond donors (Lipinski definition) is 1. The molecule has 82 valence electrons. The smallest absolute Gasteiger partial charge is 0.239 e. The van der Waals surface area contributed by atoms with Gasteiger partial charge in [-0.2, -0.15) is 4.57 Å². The summed E-state index contributed by atoms with van der Waals surface area (Å²) in [6, 6.07) is 7.08. The zero-order valence-electron chi connectivity index (χ0n) is 9.28. The first-order valence-electron chi connectivity index (χ1n) is 5.67.